The second-order valence-corrected chi connectivity index (χ2v) is 6.77. The molecule has 142 valence electrons. The molecule has 0 aliphatic rings. The van der Waals surface area contributed by atoms with E-state index in [0.717, 1.165) is 12.1 Å². The number of carbonyl (C=O) groups excluding carboxylic acids is 1. The number of hydrogen-bond donors (Lipinski definition) is 2. The fourth-order valence-corrected chi connectivity index (χ4v) is 1.86. The fraction of sp³-hybridized carbons (Fsp3) is 0.353. The number of carbonyl (C=O) groups is 1. The summed E-state index contributed by atoms with van der Waals surface area (Å²) < 4.78 is 37.5. The van der Waals surface area contributed by atoms with Crippen LogP contribution in [0.1, 0.15) is 42.4 Å². The Morgan fingerprint density at radius 1 is 1.23 bits per heavy atom. The molecular weight excluding hydrogens is 369 g/mol. The molecule has 1 aromatic carbocycles. The summed E-state index contributed by atoms with van der Waals surface area (Å²) in [6.07, 6.45) is -0.115. The van der Waals surface area contributed by atoms with Crippen molar-refractivity contribution in [1.29, 1.82) is 0 Å². The van der Waals surface area contributed by atoms with Crippen molar-refractivity contribution in [1.82, 2.24) is 15.3 Å². The maximum atomic E-state index is 12.5. The third-order valence-electron chi connectivity index (χ3n) is 3.00. The van der Waals surface area contributed by atoms with Crippen LogP contribution in [0.2, 0.25) is 5.02 Å². The highest BCUT2D eigenvalue weighted by Gasteiger charge is 2.30. The zero-order valence-corrected chi connectivity index (χ0v) is 15.3. The SMILES string of the molecule is CC(C)(C)NCc1cc(C(F)(F)F)ccc1Cl.NC(=O)c1cnccn1. The summed E-state index contributed by atoms with van der Waals surface area (Å²) in [7, 11) is 0. The third-order valence-corrected chi connectivity index (χ3v) is 3.37. The van der Waals surface area contributed by atoms with Gasteiger partial charge in [0.25, 0.3) is 5.91 Å². The second-order valence-electron chi connectivity index (χ2n) is 6.36. The standard InChI is InChI=1S/C12H15ClF3N.C5H5N3O/c1-11(2,3)17-7-8-6-9(12(14,15)16)4-5-10(8)13;6-5(9)4-3-7-1-2-8-4/h4-6,17H,7H2,1-3H3;1-3H,(H2,6,9). The molecule has 3 N–H and O–H groups in total. The van der Waals surface area contributed by atoms with Gasteiger partial charge in [-0.25, -0.2) is 4.98 Å². The highest BCUT2D eigenvalue weighted by molar-refractivity contribution is 6.31. The summed E-state index contributed by atoms with van der Waals surface area (Å²) >= 11 is 5.87. The molecule has 9 heteroatoms. The lowest BCUT2D eigenvalue weighted by atomic mass is 10.1. The molecule has 1 amide bonds. The molecule has 0 aliphatic heterocycles. The number of benzene rings is 1. The number of rotatable bonds is 3. The summed E-state index contributed by atoms with van der Waals surface area (Å²) in [4.78, 5) is 17.6. The van der Waals surface area contributed by atoms with Gasteiger partial charge in [0.15, 0.2) is 0 Å². The highest BCUT2D eigenvalue weighted by atomic mass is 35.5. The van der Waals surface area contributed by atoms with Gasteiger partial charge in [-0.3, -0.25) is 9.78 Å². The van der Waals surface area contributed by atoms with Gasteiger partial charge in [0.05, 0.1) is 11.8 Å². The number of aromatic nitrogens is 2. The maximum Gasteiger partial charge on any atom is 0.416 e. The van der Waals surface area contributed by atoms with E-state index in [1.807, 2.05) is 20.8 Å². The molecule has 0 bridgehead atoms. The largest absolute Gasteiger partial charge is 0.416 e. The lowest BCUT2D eigenvalue weighted by Gasteiger charge is -2.21. The van der Waals surface area contributed by atoms with Gasteiger partial charge < -0.3 is 11.1 Å². The van der Waals surface area contributed by atoms with Crippen molar-refractivity contribution in [3.05, 3.63) is 58.6 Å². The van der Waals surface area contributed by atoms with Gasteiger partial charge >= 0.3 is 6.18 Å². The number of nitrogens with two attached hydrogens (primary N) is 1. The first-order valence-corrected chi connectivity index (χ1v) is 7.94. The van der Waals surface area contributed by atoms with Gasteiger partial charge in [0.1, 0.15) is 5.69 Å². The van der Waals surface area contributed by atoms with Crippen LogP contribution in [0, 0.1) is 0 Å². The van der Waals surface area contributed by atoms with E-state index in [0.29, 0.717) is 17.1 Å². The molecule has 1 heterocycles. The number of halogens is 4. The summed E-state index contributed by atoms with van der Waals surface area (Å²) in [5, 5.41) is 3.45. The number of amides is 1. The van der Waals surface area contributed by atoms with Crippen molar-refractivity contribution in [2.45, 2.75) is 39.0 Å². The van der Waals surface area contributed by atoms with Crippen molar-refractivity contribution in [2.75, 3.05) is 0 Å². The van der Waals surface area contributed by atoms with E-state index in [-0.39, 0.29) is 11.2 Å². The van der Waals surface area contributed by atoms with Crippen molar-refractivity contribution < 1.29 is 18.0 Å². The molecule has 2 aromatic rings. The van der Waals surface area contributed by atoms with E-state index in [4.69, 9.17) is 17.3 Å². The molecule has 0 atom stereocenters. The molecule has 0 fully saturated rings. The Hall–Kier alpha value is -2.19. The van der Waals surface area contributed by atoms with Crippen molar-refractivity contribution in [2.24, 2.45) is 5.73 Å². The smallest absolute Gasteiger partial charge is 0.364 e. The minimum atomic E-state index is -4.33. The van der Waals surface area contributed by atoms with Crippen LogP contribution < -0.4 is 11.1 Å². The average Bonchev–Trinajstić information content (AvgIpc) is 2.53. The minimum absolute atomic E-state index is 0.169. The highest BCUT2D eigenvalue weighted by Crippen LogP contribution is 2.31. The molecule has 5 nitrogen and oxygen atoms in total. The normalized spacial score (nSPS) is 11.5. The van der Waals surface area contributed by atoms with Crippen LogP contribution in [-0.4, -0.2) is 21.4 Å². The van der Waals surface area contributed by atoms with Crippen molar-refractivity contribution in [3.63, 3.8) is 0 Å². The number of nitrogens with one attached hydrogen (secondary N) is 1. The summed E-state index contributed by atoms with van der Waals surface area (Å²) in [6.45, 7) is 6.13. The van der Waals surface area contributed by atoms with Crippen LogP contribution in [0.25, 0.3) is 0 Å². The zero-order chi connectivity index (χ0) is 20.0. The quantitative estimate of drug-likeness (QED) is 0.837. The lowest BCUT2D eigenvalue weighted by Crippen LogP contribution is -2.35. The molecule has 0 spiro atoms. The van der Waals surface area contributed by atoms with Gasteiger partial charge in [0.2, 0.25) is 0 Å². The Kier molecular flexibility index (Phi) is 7.53. The number of hydrogen-bond acceptors (Lipinski definition) is 4. The molecule has 0 radical (unpaired) electrons. The van der Waals surface area contributed by atoms with E-state index in [1.54, 1.807) is 0 Å². The summed E-state index contributed by atoms with van der Waals surface area (Å²) in [5.41, 5.74) is 4.68. The molecular formula is C17H20ClF3N4O. The third kappa shape index (κ3) is 7.79. The summed E-state index contributed by atoms with van der Waals surface area (Å²) in [6, 6.07) is 3.36. The monoisotopic (exact) mass is 388 g/mol. The number of alkyl halides is 3. The van der Waals surface area contributed by atoms with Crippen LogP contribution in [0.15, 0.2) is 36.8 Å². The van der Waals surface area contributed by atoms with Crippen LogP contribution >= 0.6 is 11.6 Å². The Morgan fingerprint density at radius 2 is 1.88 bits per heavy atom. The zero-order valence-electron chi connectivity index (χ0n) is 14.6. The van der Waals surface area contributed by atoms with Crippen LogP contribution in [0.4, 0.5) is 13.2 Å². The lowest BCUT2D eigenvalue weighted by molar-refractivity contribution is -0.137. The molecule has 0 saturated heterocycles. The second kappa shape index (κ2) is 8.95. The molecule has 0 saturated carbocycles. The number of primary amides is 1. The maximum absolute atomic E-state index is 12.5. The van der Waals surface area contributed by atoms with Crippen molar-refractivity contribution in [3.8, 4) is 0 Å². The minimum Gasteiger partial charge on any atom is -0.364 e. The van der Waals surface area contributed by atoms with Gasteiger partial charge in [-0.2, -0.15) is 13.2 Å². The van der Waals surface area contributed by atoms with Crippen molar-refractivity contribution >= 4 is 17.5 Å². The van der Waals surface area contributed by atoms with E-state index < -0.39 is 17.6 Å². The van der Waals surface area contributed by atoms with Gasteiger partial charge in [-0.05, 0) is 44.5 Å². The molecule has 2 rings (SSSR count). The molecule has 1 aromatic heterocycles. The molecule has 26 heavy (non-hydrogen) atoms. The first-order valence-electron chi connectivity index (χ1n) is 7.56. The van der Waals surface area contributed by atoms with Gasteiger partial charge in [-0.1, -0.05) is 11.6 Å². The van der Waals surface area contributed by atoms with E-state index in [9.17, 15) is 18.0 Å². The van der Waals surface area contributed by atoms with E-state index in [2.05, 4.69) is 15.3 Å². The van der Waals surface area contributed by atoms with E-state index >= 15 is 0 Å². The predicted octanol–water partition coefficient (Wildman–Crippen LogP) is 3.82. The molecule has 0 aliphatic carbocycles. The summed E-state index contributed by atoms with van der Waals surface area (Å²) in [5.74, 6) is -0.553. The van der Waals surface area contributed by atoms with Gasteiger partial charge in [-0.15, -0.1) is 0 Å². The Morgan fingerprint density at radius 3 is 2.31 bits per heavy atom. The Labute approximate surface area is 154 Å². The first-order chi connectivity index (χ1) is 11.9. The van der Waals surface area contributed by atoms with Gasteiger partial charge in [0, 0.05) is 29.5 Å². The Balaban J connectivity index is 0.000000314. The average molecular weight is 389 g/mol. The first kappa shape index (κ1) is 21.9. The predicted molar refractivity (Wildman–Crippen MR) is 93.6 cm³/mol. The fourth-order valence-electron chi connectivity index (χ4n) is 1.67. The van der Waals surface area contributed by atoms with E-state index in [1.165, 1.54) is 24.7 Å². The molecule has 0 unspecified atom stereocenters. The number of nitrogens with zero attached hydrogens (tertiary/aromatic N) is 2. The topological polar surface area (TPSA) is 80.9 Å². The van der Waals surface area contributed by atoms with Crippen LogP contribution in [-0.2, 0) is 12.7 Å². The van der Waals surface area contributed by atoms with Crippen LogP contribution in [0.5, 0.6) is 0 Å². The Bertz CT molecular complexity index is 731. The van der Waals surface area contributed by atoms with Crippen LogP contribution in [0.3, 0.4) is 0 Å².